The molecule has 0 amide bonds. The fraction of sp³-hybridized carbons (Fsp3) is 0.375. The summed E-state index contributed by atoms with van der Waals surface area (Å²) in [6.07, 6.45) is -0.664. The van der Waals surface area contributed by atoms with Crippen LogP contribution < -0.4 is 11.3 Å². The monoisotopic (exact) mass is 168 g/mol. The van der Waals surface area contributed by atoms with Crippen LogP contribution in [0, 0.1) is 0 Å². The van der Waals surface area contributed by atoms with Gasteiger partial charge in [-0.05, 0) is 13.0 Å². The van der Waals surface area contributed by atoms with E-state index in [1.165, 1.54) is 6.07 Å². The largest absolute Gasteiger partial charge is 0.391 e. The Morgan fingerprint density at radius 3 is 2.75 bits per heavy atom. The molecule has 0 aliphatic carbocycles. The summed E-state index contributed by atoms with van der Waals surface area (Å²) >= 11 is 0. The van der Waals surface area contributed by atoms with E-state index in [1.807, 2.05) is 0 Å². The molecule has 1 rings (SSSR count). The zero-order valence-electron chi connectivity index (χ0n) is 6.82. The Morgan fingerprint density at radius 2 is 2.25 bits per heavy atom. The van der Waals surface area contributed by atoms with Crippen LogP contribution in [-0.4, -0.2) is 16.2 Å². The third kappa shape index (κ3) is 1.93. The number of H-pyrrole nitrogens is 1. The van der Waals surface area contributed by atoms with Gasteiger partial charge in [0.2, 0.25) is 5.56 Å². The molecule has 0 bridgehead atoms. The number of hydrogen-bond donors (Lipinski definition) is 3. The molecule has 1 aromatic heterocycles. The van der Waals surface area contributed by atoms with E-state index in [-0.39, 0.29) is 5.56 Å². The highest BCUT2D eigenvalue weighted by molar-refractivity contribution is 5.09. The van der Waals surface area contributed by atoms with Gasteiger partial charge in [0.1, 0.15) is 0 Å². The van der Waals surface area contributed by atoms with Crippen LogP contribution in [0.4, 0.5) is 0 Å². The Bertz CT molecular complexity index is 306. The quantitative estimate of drug-likeness (QED) is 0.570. The zero-order valence-corrected chi connectivity index (χ0v) is 6.82. The number of rotatable bonds is 2. The van der Waals surface area contributed by atoms with Gasteiger partial charge in [-0.3, -0.25) is 4.79 Å². The number of aliphatic hydroxyl groups excluding tert-OH is 1. The van der Waals surface area contributed by atoms with E-state index >= 15 is 0 Å². The van der Waals surface area contributed by atoms with Crippen molar-refractivity contribution < 1.29 is 5.11 Å². The lowest BCUT2D eigenvalue weighted by atomic mass is 10.1. The minimum Gasteiger partial charge on any atom is -0.391 e. The van der Waals surface area contributed by atoms with Crippen molar-refractivity contribution in [3.63, 3.8) is 0 Å². The molecule has 0 saturated carbocycles. The van der Waals surface area contributed by atoms with Crippen LogP contribution in [-0.2, 0) is 0 Å². The zero-order chi connectivity index (χ0) is 9.14. The lowest BCUT2D eigenvalue weighted by molar-refractivity contribution is 0.162. The van der Waals surface area contributed by atoms with Crippen LogP contribution in [0.2, 0.25) is 0 Å². The van der Waals surface area contributed by atoms with Gasteiger partial charge < -0.3 is 15.8 Å². The smallest absolute Gasteiger partial charge is 0.248 e. The van der Waals surface area contributed by atoms with Crippen molar-refractivity contribution >= 4 is 0 Å². The number of aliphatic hydroxyl groups is 1. The first-order valence-electron chi connectivity index (χ1n) is 3.74. The van der Waals surface area contributed by atoms with Gasteiger partial charge in [-0.25, -0.2) is 0 Å². The Kier molecular flexibility index (Phi) is 2.62. The maximum atomic E-state index is 10.8. The summed E-state index contributed by atoms with van der Waals surface area (Å²) in [5.74, 6) is 0. The van der Waals surface area contributed by atoms with E-state index < -0.39 is 12.1 Å². The minimum absolute atomic E-state index is 0.205. The standard InChI is InChI=1S/C8H12N2O2/c1-5(11)8(9)6-3-2-4-7(12)10-6/h2-5,8,11H,9H2,1H3,(H,10,12). The maximum absolute atomic E-state index is 10.8. The first-order chi connectivity index (χ1) is 5.61. The molecule has 0 aliphatic rings. The van der Waals surface area contributed by atoms with E-state index in [4.69, 9.17) is 10.8 Å². The molecule has 4 nitrogen and oxygen atoms in total. The van der Waals surface area contributed by atoms with Gasteiger partial charge in [-0.1, -0.05) is 6.07 Å². The van der Waals surface area contributed by atoms with Crippen molar-refractivity contribution in [1.82, 2.24) is 4.98 Å². The predicted octanol–water partition coefficient (Wildman–Crippen LogP) is -0.245. The van der Waals surface area contributed by atoms with Crippen LogP contribution in [0.25, 0.3) is 0 Å². The summed E-state index contributed by atoms with van der Waals surface area (Å²) < 4.78 is 0. The lowest BCUT2D eigenvalue weighted by Gasteiger charge is -2.13. The summed E-state index contributed by atoms with van der Waals surface area (Å²) in [6.45, 7) is 1.58. The van der Waals surface area contributed by atoms with Crippen LogP contribution in [0.5, 0.6) is 0 Å². The Labute approximate surface area is 70.0 Å². The first-order valence-corrected chi connectivity index (χ1v) is 3.74. The Morgan fingerprint density at radius 1 is 1.58 bits per heavy atom. The molecule has 2 unspecified atom stereocenters. The first kappa shape index (κ1) is 8.96. The topological polar surface area (TPSA) is 79.1 Å². The number of aromatic nitrogens is 1. The molecule has 4 heteroatoms. The molecule has 1 heterocycles. The number of pyridine rings is 1. The van der Waals surface area contributed by atoms with Crippen molar-refractivity contribution in [3.8, 4) is 0 Å². The second-order valence-electron chi connectivity index (χ2n) is 2.74. The molecule has 1 aromatic rings. The fourth-order valence-electron chi connectivity index (χ4n) is 0.919. The maximum Gasteiger partial charge on any atom is 0.248 e. The summed E-state index contributed by atoms with van der Waals surface area (Å²) in [6, 6.07) is 4.16. The molecule has 4 N–H and O–H groups in total. The molecule has 0 aliphatic heterocycles. The van der Waals surface area contributed by atoms with E-state index in [2.05, 4.69) is 4.98 Å². The molecule has 2 atom stereocenters. The summed E-state index contributed by atoms with van der Waals surface area (Å²) in [5, 5.41) is 9.12. The van der Waals surface area contributed by atoms with Crippen molar-refractivity contribution in [2.75, 3.05) is 0 Å². The van der Waals surface area contributed by atoms with Crippen molar-refractivity contribution in [1.29, 1.82) is 0 Å². The van der Waals surface area contributed by atoms with E-state index in [0.29, 0.717) is 5.69 Å². The normalized spacial score (nSPS) is 15.6. The highest BCUT2D eigenvalue weighted by Crippen LogP contribution is 2.08. The van der Waals surface area contributed by atoms with Crippen molar-refractivity contribution in [2.24, 2.45) is 5.73 Å². The van der Waals surface area contributed by atoms with Crippen LogP contribution >= 0.6 is 0 Å². The van der Waals surface area contributed by atoms with Crippen LogP contribution in [0.1, 0.15) is 18.7 Å². The average molecular weight is 168 g/mol. The van der Waals surface area contributed by atoms with Crippen molar-refractivity contribution in [3.05, 3.63) is 34.2 Å². The molecule has 66 valence electrons. The average Bonchev–Trinajstić information content (AvgIpc) is 2.03. The predicted molar refractivity (Wildman–Crippen MR) is 45.7 cm³/mol. The van der Waals surface area contributed by atoms with E-state index in [9.17, 15) is 4.79 Å². The molecule has 0 saturated heterocycles. The van der Waals surface area contributed by atoms with Crippen LogP contribution in [0.3, 0.4) is 0 Å². The minimum atomic E-state index is -0.664. The summed E-state index contributed by atoms with van der Waals surface area (Å²) in [7, 11) is 0. The number of nitrogens with two attached hydrogens (primary N) is 1. The molecule has 0 spiro atoms. The second kappa shape index (κ2) is 3.51. The molecule has 0 aromatic carbocycles. The lowest BCUT2D eigenvalue weighted by Crippen LogP contribution is -2.26. The second-order valence-corrected chi connectivity index (χ2v) is 2.74. The Hall–Kier alpha value is -1.13. The number of aromatic amines is 1. The van der Waals surface area contributed by atoms with Gasteiger partial charge >= 0.3 is 0 Å². The summed E-state index contributed by atoms with van der Waals surface area (Å²) in [4.78, 5) is 13.4. The third-order valence-corrected chi connectivity index (χ3v) is 1.67. The van der Waals surface area contributed by atoms with Gasteiger partial charge in [0.05, 0.1) is 12.1 Å². The molecule has 0 fully saturated rings. The molecule has 12 heavy (non-hydrogen) atoms. The fourth-order valence-corrected chi connectivity index (χ4v) is 0.919. The van der Waals surface area contributed by atoms with Gasteiger partial charge in [0.25, 0.3) is 0 Å². The van der Waals surface area contributed by atoms with Gasteiger partial charge in [-0.15, -0.1) is 0 Å². The highest BCUT2D eigenvalue weighted by Gasteiger charge is 2.11. The molecular formula is C8H12N2O2. The van der Waals surface area contributed by atoms with Gasteiger partial charge in [0.15, 0.2) is 0 Å². The van der Waals surface area contributed by atoms with Crippen molar-refractivity contribution in [2.45, 2.75) is 19.1 Å². The third-order valence-electron chi connectivity index (χ3n) is 1.67. The van der Waals surface area contributed by atoms with E-state index in [0.717, 1.165) is 0 Å². The van der Waals surface area contributed by atoms with Crippen LogP contribution in [0.15, 0.2) is 23.0 Å². The highest BCUT2D eigenvalue weighted by atomic mass is 16.3. The Balaban J connectivity index is 2.95. The molecular weight excluding hydrogens is 156 g/mol. The number of hydrogen-bond acceptors (Lipinski definition) is 3. The van der Waals surface area contributed by atoms with Gasteiger partial charge in [-0.2, -0.15) is 0 Å². The molecule has 0 radical (unpaired) electrons. The SMILES string of the molecule is CC(O)C(N)c1cccc(=O)[nH]1. The number of nitrogens with one attached hydrogen (secondary N) is 1. The van der Waals surface area contributed by atoms with Gasteiger partial charge in [0, 0.05) is 11.8 Å². The van der Waals surface area contributed by atoms with E-state index in [1.54, 1.807) is 19.1 Å². The summed E-state index contributed by atoms with van der Waals surface area (Å²) in [5.41, 5.74) is 5.93.